The zero-order chi connectivity index (χ0) is 22.5. The molecule has 0 heterocycles. The maximum Gasteiger partial charge on any atom is 0.407 e. The number of carbonyl (C=O) groups is 2. The second kappa shape index (κ2) is 12.8. The zero-order valence-corrected chi connectivity index (χ0v) is 18.7. The van der Waals surface area contributed by atoms with Crippen molar-refractivity contribution in [3.8, 4) is 5.75 Å². The number of ether oxygens (including phenoxy) is 2. The molecular formula is C22H29N2O6P. The van der Waals surface area contributed by atoms with E-state index in [-0.39, 0.29) is 25.9 Å². The van der Waals surface area contributed by atoms with Crippen LogP contribution in [-0.2, 0) is 25.4 Å². The summed E-state index contributed by atoms with van der Waals surface area (Å²) < 4.78 is 29.2. The van der Waals surface area contributed by atoms with E-state index in [2.05, 4.69) is 10.4 Å². The van der Waals surface area contributed by atoms with Gasteiger partial charge in [0.25, 0.3) is 0 Å². The third-order valence-corrected chi connectivity index (χ3v) is 6.33. The fraction of sp³-hybridized carbons (Fsp3) is 0.364. The van der Waals surface area contributed by atoms with Crippen molar-refractivity contribution in [1.29, 1.82) is 0 Å². The van der Waals surface area contributed by atoms with E-state index < -0.39 is 25.6 Å². The van der Waals surface area contributed by atoms with Gasteiger partial charge in [0.1, 0.15) is 18.4 Å². The summed E-state index contributed by atoms with van der Waals surface area (Å²) in [4.78, 5) is 23.8. The second-order valence-corrected chi connectivity index (χ2v) is 8.98. The van der Waals surface area contributed by atoms with Gasteiger partial charge in [-0.2, -0.15) is 0 Å². The van der Waals surface area contributed by atoms with Crippen LogP contribution in [0, 0.1) is 0 Å². The van der Waals surface area contributed by atoms with E-state index in [1.807, 2.05) is 36.4 Å². The molecule has 31 heavy (non-hydrogen) atoms. The summed E-state index contributed by atoms with van der Waals surface area (Å²) in [5.74, 6) is -0.0911. The SMILES string of the molecule is CCOC(=O)[C@H](C)NP(=O)(CCCNC(=O)OCc1ccccc1)Oc1ccccc1. The lowest BCUT2D eigenvalue weighted by Gasteiger charge is -2.23. The Morgan fingerprint density at radius 3 is 2.29 bits per heavy atom. The Balaban J connectivity index is 1.86. The molecule has 8 nitrogen and oxygen atoms in total. The maximum atomic E-state index is 13.4. The summed E-state index contributed by atoms with van der Waals surface area (Å²) in [5, 5.41) is 5.40. The van der Waals surface area contributed by atoms with Gasteiger partial charge in [-0.25, -0.2) is 9.88 Å². The van der Waals surface area contributed by atoms with Gasteiger partial charge >= 0.3 is 19.6 Å². The molecule has 2 N–H and O–H groups in total. The molecule has 1 unspecified atom stereocenters. The molecule has 2 aromatic rings. The van der Waals surface area contributed by atoms with E-state index in [4.69, 9.17) is 14.0 Å². The van der Waals surface area contributed by atoms with Gasteiger partial charge in [-0.05, 0) is 38.0 Å². The lowest BCUT2D eigenvalue weighted by Crippen LogP contribution is -2.35. The average Bonchev–Trinajstić information content (AvgIpc) is 2.77. The molecule has 0 bridgehead atoms. The molecule has 2 aromatic carbocycles. The van der Waals surface area contributed by atoms with Crippen LogP contribution >= 0.6 is 7.52 Å². The molecule has 0 aliphatic rings. The Hall–Kier alpha value is -2.83. The van der Waals surface area contributed by atoms with Gasteiger partial charge < -0.3 is 19.3 Å². The highest BCUT2D eigenvalue weighted by Crippen LogP contribution is 2.44. The zero-order valence-electron chi connectivity index (χ0n) is 17.8. The number of alkyl carbamates (subject to hydrolysis) is 1. The predicted octanol–water partition coefficient (Wildman–Crippen LogP) is 4.12. The van der Waals surface area contributed by atoms with Crippen LogP contribution in [0.3, 0.4) is 0 Å². The van der Waals surface area contributed by atoms with Gasteiger partial charge in [0.05, 0.1) is 12.8 Å². The molecule has 0 saturated carbocycles. The fourth-order valence-electron chi connectivity index (χ4n) is 2.65. The number of hydrogen-bond acceptors (Lipinski definition) is 6. The van der Waals surface area contributed by atoms with Crippen molar-refractivity contribution in [3.63, 3.8) is 0 Å². The molecular weight excluding hydrogens is 419 g/mol. The molecule has 0 radical (unpaired) electrons. The van der Waals surface area contributed by atoms with Crippen molar-refractivity contribution in [3.05, 3.63) is 66.2 Å². The standard InChI is InChI=1S/C22H29N2O6P/c1-3-28-21(25)18(2)24-31(27,30-20-13-8-5-9-14-20)16-10-15-23-22(26)29-17-19-11-6-4-7-12-19/h4-9,11-14,18H,3,10,15-17H2,1-2H3,(H,23,26)(H,24,27)/t18-,31?/m0/s1. The second-order valence-electron chi connectivity index (χ2n) is 6.75. The number of hydrogen-bond donors (Lipinski definition) is 2. The Kier molecular flexibility index (Phi) is 10.1. The van der Waals surface area contributed by atoms with Gasteiger partial charge in [0, 0.05) is 6.54 Å². The first kappa shape index (κ1) is 24.4. The van der Waals surface area contributed by atoms with Crippen molar-refractivity contribution >= 4 is 19.6 Å². The van der Waals surface area contributed by atoms with Crippen LogP contribution in [0.2, 0.25) is 0 Å². The topological polar surface area (TPSA) is 103 Å². The molecule has 0 aromatic heterocycles. The van der Waals surface area contributed by atoms with Crippen LogP contribution in [0.4, 0.5) is 4.79 Å². The molecule has 168 valence electrons. The van der Waals surface area contributed by atoms with Crippen LogP contribution in [0.15, 0.2) is 60.7 Å². The van der Waals surface area contributed by atoms with Gasteiger partial charge in [-0.15, -0.1) is 0 Å². The monoisotopic (exact) mass is 448 g/mol. The summed E-state index contributed by atoms with van der Waals surface area (Å²) in [5.41, 5.74) is 0.885. The van der Waals surface area contributed by atoms with Crippen LogP contribution < -0.4 is 14.9 Å². The largest absolute Gasteiger partial charge is 0.465 e. The highest BCUT2D eigenvalue weighted by Gasteiger charge is 2.30. The van der Waals surface area contributed by atoms with Gasteiger partial charge in [0.2, 0.25) is 0 Å². The number of rotatable bonds is 12. The van der Waals surface area contributed by atoms with Crippen molar-refractivity contribution in [2.24, 2.45) is 0 Å². The van der Waals surface area contributed by atoms with Gasteiger partial charge in [-0.1, -0.05) is 48.5 Å². The molecule has 2 rings (SSSR count). The molecule has 1 amide bonds. The average molecular weight is 448 g/mol. The lowest BCUT2D eigenvalue weighted by atomic mass is 10.2. The first-order valence-electron chi connectivity index (χ1n) is 10.1. The number of amides is 1. The number of carbonyl (C=O) groups excluding carboxylic acids is 2. The quantitative estimate of drug-likeness (QED) is 0.286. The molecule has 0 fully saturated rings. The number of para-hydroxylation sites is 1. The number of esters is 1. The van der Waals surface area contributed by atoms with E-state index in [9.17, 15) is 14.2 Å². The Bertz CT molecular complexity index is 863. The third kappa shape index (κ3) is 9.24. The molecule has 0 aliphatic carbocycles. The fourth-order valence-corrected chi connectivity index (χ4v) is 4.66. The number of nitrogens with one attached hydrogen (secondary N) is 2. The Morgan fingerprint density at radius 2 is 1.65 bits per heavy atom. The smallest absolute Gasteiger partial charge is 0.407 e. The molecule has 0 aliphatic heterocycles. The van der Waals surface area contributed by atoms with Crippen molar-refractivity contribution < 1.29 is 28.2 Å². The van der Waals surface area contributed by atoms with Crippen molar-refractivity contribution in [1.82, 2.24) is 10.4 Å². The summed E-state index contributed by atoms with van der Waals surface area (Å²) in [7, 11) is -3.44. The highest BCUT2D eigenvalue weighted by molar-refractivity contribution is 7.57. The predicted molar refractivity (Wildman–Crippen MR) is 118 cm³/mol. The summed E-state index contributed by atoms with van der Waals surface area (Å²) in [6.45, 7) is 3.90. The Morgan fingerprint density at radius 1 is 1.00 bits per heavy atom. The molecule has 2 atom stereocenters. The minimum Gasteiger partial charge on any atom is -0.465 e. The van der Waals surface area contributed by atoms with E-state index in [0.717, 1.165) is 5.56 Å². The summed E-state index contributed by atoms with van der Waals surface area (Å²) in [6.07, 6.45) is -0.104. The van der Waals surface area contributed by atoms with Gasteiger partial charge in [0.15, 0.2) is 0 Å². The van der Waals surface area contributed by atoms with Crippen molar-refractivity contribution in [2.75, 3.05) is 19.3 Å². The van der Waals surface area contributed by atoms with E-state index in [0.29, 0.717) is 12.2 Å². The third-order valence-electron chi connectivity index (χ3n) is 4.14. The van der Waals surface area contributed by atoms with Crippen molar-refractivity contribution in [2.45, 2.75) is 32.9 Å². The minimum atomic E-state index is -3.44. The maximum absolute atomic E-state index is 13.4. The first-order chi connectivity index (χ1) is 14.9. The molecule has 0 spiro atoms. The Labute approximate surface area is 182 Å². The van der Waals surface area contributed by atoms with E-state index in [1.165, 1.54) is 0 Å². The first-order valence-corrected chi connectivity index (χ1v) is 12.0. The lowest BCUT2D eigenvalue weighted by molar-refractivity contribution is -0.144. The molecule has 9 heteroatoms. The van der Waals surface area contributed by atoms with E-state index in [1.54, 1.807) is 38.1 Å². The molecule has 0 saturated heterocycles. The van der Waals surface area contributed by atoms with Crippen LogP contribution in [0.5, 0.6) is 5.75 Å². The summed E-state index contributed by atoms with van der Waals surface area (Å²) in [6, 6.07) is 17.2. The van der Waals surface area contributed by atoms with Gasteiger partial charge in [-0.3, -0.25) is 9.36 Å². The summed E-state index contributed by atoms with van der Waals surface area (Å²) >= 11 is 0. The van der Waals surface area contributed by atoms with Crippen LogP contribution in [0.25, 0.3) is 0 Å². The number of benzene rings is 2. The van der Waals surface area contributed by atoms with Crippen LogP contribution in [-0.4, -0.2) is 37.4 Å². The highest BCUT2D eigenvalue weighted by atomic mass is 31.2. The normalized spacial score (nSPS) is 13.5. The van der Waals surface area contributed by atoms with E-state index >= 15 is 0 Å². The minimum absolute atomic E-state index is 0.102. The van der Waals surface area contributed by atoms with Crippen LogP contribution in [0.1, 0.15) is 25.8 Å².